The number of hydrogen-bond acceptors (Lipinski definition) is 2. The fraction of sp³-hybridized carbons (Fsp3) is 0.0909. The van der Waals surface area contributed by atoms with E-state index in [-0.39, 0.29) is 5.78 Å². The lowest BCUT2D eigenvalue weighted by molar-refractivity contribution is -0.577. The summed E-state index contributed by atoms with van der Waals surface area (Å²) >= 11 is 0. The molecule has 0 radical (unpaired) electrons. The number of rotatable bonds is 1. The number of carbonyl (C=O) groups excluding carboxylic acids is 1. The summed E-state index contributed by atoms with van der Waals surface area (Å²) in [6.45, 7) is 1.45. The van der Waals surface area contributed by atoms with Crippen LogP contribution in [0.4, 0.5) is 0 Å². The molecule has 1 aromatic heterocycles. The van der Waals surface area contributed by atoms with Gasteiger partial charge in [-0.05, 0) is 19.1 Å². The highest BCUT2D eigenvalue weighted by Gasteiger charge is 2.08. The summed E-state index contributed by atoms with van der Waals surface area (Å²) in [6.07, 6.45) is 1.31. The summed E-state index contributed by atoms with van der Waals surface area (Å²) in [5.74, 6) is -0.0969. The standard InChI is InChI=1S/C11H9NO2/c1-8(13)10-6-9-4-2-3-5-11(9)12(14)7-10/h2-7H,1H3. The molecule has 70 valence electrons. The topological polar surface area (TPSA) is 44.0 Å². The van der Waals surface area contributed by atoms with Crippen molar-refractivity contribution < 1.29 is 9.52 Å². The number of Topliss-reactive ketones (excluding diaryl/α,β-unsaturated/α-hetero) is 1. The van der Waals surface area contributed by atoms with Crippen molar-refractivity contribution in [2.24, 2.45) is 0 Å². The third-order valence-electron chi connectivity index (χ3n) is 2.15. The van der Waals surface area contributed by atoms with Gasteiger partial charge in [-0.15, -0.1) is 0 Å². The Morgan fingerprint density at radius 2 is 2.07 bits per heavy atom. The molecule has 0 aliphatic rings. The molecule has 3 nitrogen and oxygen atoms in total. The molecule has 2 aromatic rings. The van der Waals surface area contributed by atoms with Gasteiger partial charge in [0.05, 0.1) is 5.56 Å². The van der Waals surface area contributed by atoms with Crippen molar-refractivity contribution in [3.63, 3.8) is 0 Å². The van der Waals surface area contributed by atoms with Crippen molar-refractivity contribution in [1.29, 1.82) is 0 Å². The molecule has 1 heterocycles. The maximum Gasteiger partial charge on any atom is 0.223 e. The first-order chi connectivity index (χ1) is 6.68. The first-order valence-corrected chi connectivity index (χ1v) is 4.31. The molecule has 0 aliphatic carbocycles. The van der Waals surface area contributed by atoms with Crippen LogP contribution in [0.5, 0.6) is 0 Å². The normalized spacial score (nSPS) is 10.4. The van der Waals surface area contributed by atoms with Crippen LogP contribution >= 0.6 is 0 Å². The zero-order valence-corrected chi connectivity index (χ0v) is 7.73. The van der Waals surface area contributed by atoms with Crippen molar-refractivity contribution in [3.05, 3.63) is 47.3 Å². The van der Waals surface area contributed by atoms with E-state index in [1.807, 2.05) is 12.1 Å². The molecule has 0 N–H and O–H groups in total. The third kappa shape index (κ3) is 1.33. The van der Waals surface area contributed by atoms with Crippen LogP contribution < -0.4 is 4.73 Å². The monoisotopic (exact) mass is 187 g/mol. The van der Waals surface area contributed by atoms with E-state index in [1.165, 1.54) is 13.1 Å². The van der Waals surface area contributed by atoms with Gasteiger partial charge in [-0.25, -0.2) is 0 Å². The van der Waals surface area contributed by atoms with E-state index >= 15 is 0 Å². The second kappa shape index (κ2) is 3.10. The summed E-state index contributed by atoms with van der Waals surface area (Å²) in [5, 5.41) is 12.3. The average Bonchev–Trinajstić information content (AvgIpc) is 2.17. The van der Waals surface area contributed by atoms with E-state index in [2.05, 4.69) is 0 Å². The van der Waals surface area contributed by atoms with Gasteiger partial charge in [0.2, 0.25) is 5.52 Å². The number of nitrogens with zero attached hydrogens (tertiary/aromatic N) is 1. The Bertz CT molecular complexity index is 506. The first kappa shape index (κ1) is 8.69. The molecule has 2 rings (SSSR count). The molecular formula is C11H9NO2. The molecule has 1 aromatic carbocycles. The molecule has 0 atom stereocenters. The lowest BCUT2D eigenvalue weighted by atomic mass is 10.1. The largest absolute Gasteiger partial charge is 0.618 e. The minimum absolute atomic E-state index is 0.0969. The Hall–Kier alpha value is -1.90. The van der Waals surface area contributed by atoms with Crippen LogP contribution in [-0.4, -0.2) is 5.78 Å². The van der Waals surface area contributed by atoms with E-state index < -0.39 is 0 Å². The molecular weight excluding hydrogens is 178 g/mol. The van der Waals surface area contributed by atoms with Gasteiger partial charge in [0, 0.05) is 11.5 Å². The number of aromatic nitrogens is 1. The smallest absolute Gasteiger partial charge is 0.223 e. The molecule has 14 heavy (non-hydrogen) atoms. The lowest BCUT2D eigenvalue weighted by Crippen LogP contribution is -2.27. The van der Waals surface area contributed by atoms with Gasteiger partial charge in [0.25, 0.3) is 0 Å². The van der Waals surface area contributed by atoms with Gasteiger partial charge in [-0.1, -0.05) is 12.1 Å². The van der Waals surface area contributed by atoms with Gasteiger partial charge in [0.15, 0.2) is 12.0 Å². The van der Waals surface area contributed by atoms with Gasteiger partial charge in [-0.3, -0.25) is 4.79 Å². The first-order valence-electron chi connectivity index (χ1n) is 4.31. The van der Waals surface area contributed by atoms with Gasteiger partial charge in [0.1, 0.15) is 0 Å². The molecule has 0 aliphatic heterocycles. The number of ketones is 1. The van der Waals surface area contributed by atoms with E-state index in [0.717, 1.165) is 10.1 Å². The summed E-state index contributed by atoms with van der Waals surface area (Å²) in [7, 11) is 0. The predicted molar refractivity (Wildman–Crippen MR) is 52.9 cm³/mol. The molecule has 3 heteroatoms. The maximum atomic E-state index is 11.5. The Labute approximate surface area is 81.2 Å². The minimum Gasteiger partial charge on any atom is -0.618 e. The second-order valence-corrected chi connectivity index (χ2v) is 3.17. The molecule has 0 fully saturated rings. The van der Waals surface area contributed by atoms with Crippen molar-refractivity contribution >= 4 is 16.7 Å². The summed E-state index contributed by atoms with van der Waals surface area (Å²) in [6, 6.07) is 8.91. The van der Waals surface area contributed by atoms with Crippen molar-refractivity contribution in [2.45, 2.75) is 6.92 Å². The Morgan fingerprint density at radius 1 is 1.36 bits per heavy atom. The van der Waals surface area contributed by atoms with E-state index in [4.69, 9.17) is 0 Å². The number of pyridine rings is 1. The van der Waals surface area contributed by atoms with Crippen molar-refractivity contribution in [2.75, 3.05) is 0 Å². The molecule has 0 saturated heterocycles. The third-order valence-corrected chi connectivity index (χ3v) is 2.15. The zero-order valence-electron chi connectivity index (χ0n) is 7.73. The van der Waals surface area contributed by atoms with Crippen LogP contribution in [0.3, 0.4) is 0 Å². The highest BCUT2D eigenvalue weighted by molar-refractivity contribution is 5.96. The highest BCUT2D eigenvalue weighted by Crippen LogP contribution is 2.11. The molecule has 0 saturated carbocycles. The van der Waals surface area contributed by atoms with E-state index in [9.17, 15) is 10.0 Å². The summed E-state index contributed by atoms with van der Waals surface area (Å²) < 4.78 is 0.728. The number of benzene rings is 1. The molecule has 0 spiro atoms. The SMILES string of the molecule is CC(=O)c1cc2ccccc2[n+]([O-])c1. The van der Waals surface area contributed by atoms with Crippen molar-refractivity contribution in [1.82, 2.24) is 0 Å². The summed E-state index contributed by atoms with van der Waals surface area (Å²) in [5.41, 5.74) is 1.02. The van der Waals surface area contributed by atoms with Gasteiger partial charge in [-0.2, -0.15) is 4.73 Å². The predicted octanol–water partition coefficient (Wildman–Crippen LogP) is 1.68. The Balaban J connectivity index is 2.78. The van der Waals surface area contributed by atoms with Crippen molar-refractivity contribution in [3.8, 4) is 0 Å². The van der Waals surface area contributed by atoms with E-state index in [1.54, 1.807) is 18.2 Å². The molecule has 0 unspecified atom stereocenters. The van der Waals surface area contributed by atoms with Gasteiger partial charge < -0.3 is 5.21 Å². The number of fused-ring (bicyclic) bond motifs is 1. The lowest BCUT2D eigenvalue weighted by Gasteiger charge is -2.02. The quantitative estimate of drug-likeness (QED) is 0.387. The van der Waals surface area contributed by atoms with E-state index in [0.29, 0.717) is 11.1 Å². The Morgan fingerprint density at radius 3 is 2.79 bits per heavy atom. The van der Waals surface area contributed by atoms with Gasteiger partial charge >= 0.3 is 0 Å². The molecule has 0 bridgehead atoms. The van der Waals surface area contributed by atoms with Crippen LogP contribution in [-0.2, 0) is 0 Å². The Kier molecular flexibility index (Phi) is 1.93. The van der Waals surface area contributed by atoms with Crippen LogP contribution in [0.15, 0.2) is 36.5 Å². The second-order valence-electron chi connectivity index (χ2n) is 3.17. The fourth-order valence-electron chi connectivity index (χ4n) is 1.40. The minimum atomic E-state index is -0.0969. The average molecular weight is 187 g/mol. The van der Waals surface area contributed by atoms with Crippen LogP contribution in [0.2, 0.25) is 0 Å². The highest BCUT2D eigenvalue weighted by atomic mass is 16.5. The number of carbonyl (C=O) groups is 1. The van der Waals surface area contributed by atoms with Crippen LogP contribution in [0.25, 0.3) is 10.9 Å². The number of hydrogen-bond donors (Lipinski definition) is 0. The van der Waals surface area contributed by atoms with Crippen LogP contribution in [0, 0.1) is 5.21 Å². The summed E-state index contributed by atoms with van der Waals surface area (Å²) in [4.78, 5) is 11.1. The molecule has 0 amide bonds. The van der Waals surface area contributed by atoms with Crippen LogP contribution in [0.1, 0.15) is 17.3 Å². The zero-order chi connectivity index (χ0) is 10.1. The number of para-hydroxylation sites is 1. The fourth-order valence-corrected chi connectivity index (χ4v) is 1.40. The maximum absolute atomic E-state index is 11.5.